The summed E-state index contributed by atoms with van der Waals surface area (Å²) in [4.78, 5) is 24.6. The van der Waals surface area contributed by atoms with Gasteiger partial charge in [0, 0.05) is 25.7 Å². The summed E-state index contributed by atoms with van der Waals surface area (Å²) >= 11 is 0. The van der Waals surface area contributed by atoms with Crippen LogP contribution in [0, 0.1) is 10.1 Å². The van der Waals surface area contributed by atoms with Gasteiger partial charge in [0.25, 0.3) is 5.69 Å². The number of nitro benzene ring substituents is 1. The fraction of sp³-hybridized carbons (Fsp3) is 0.278. The molecule has 144 valence electrons. The van der Waals surface area contributed by atoms with Crippen molar-refractivity contribution in [1.82, 2.24) is 4.90 Å². The molecule has 1 atom stereocenters. The van der Waals surface area contributed by atoms with Gasteiger partial charge >= 0.3 is 0 Å². The van der Waals surface area contributed by atoms with E-state index in [0.717, 1.165) is 22.2 Å². The minimum Gasteiger partial charge on any atom is -0.340 e. The first-order chi connectivity index (χ1) is 12.6. The summed E-state index contributed by atoms with van der Waals surface area (Å²) in [5.41, 5.74) is 0.723. The van der Waals surface area contributed by atoms with Gasteiger partial charge in [-0.2, -0.15) is 0 Å². The van der Waals surface area contributed by atoms with Crippen LogP contribution in [0.5, 0.6) is 0 Å². The number of rotatable bonds is 7. The highest BCUT2D eigenvalue weighted by Gasteiger charge is 2.31. The predicted octanol–water partition coefficient (Wildman–Crippen LogP) is 2.41. The SMILES string of the molecule is CC(C(=O)N(C)Cc1ccccc1)N(c1cccc([N+](=O)[O-])c1)S(C)(=O)=O. The molecule has 0 aromatic heterocycles. The van der Waals surface area contributed by atoms with Crippen LogP contribution in [0.4, 0.5) is 11.4 Å². The molecule has 0 fully saturated rings. The van der Waals surface area contributed by atoms with Crippen LogP contribution < -0.4 is 4.31 Å². The minimum atomic E-state index is -3.85. The first-order valence-electron chi connectivity index (χ1n) is 8.14. The zero-order valence-electron chi connectivity index (χ0n) is 15.3. The van der Waals surface area contributed by atoms with E-state index < -0.39 is 26.9 Å². The Balaban J connectivity index is 2.32. The second kappa shape index (κ2) is 8.17. The highest BCUT2D eigenvalue weighted by atomic mass is 32.2. The number of nitro groups is 1. The van der Waals surface area contributed by atoms with Crippen LogP contribution in [-0.4, -0.2) is 43.5 Å². The Bertz CT molecular complexity index is 931. The molecule has 2 aromatic rings. The molecule has 0 aliphatic carbocycles. The lowest BCUT2D eigenvalue weighted by atomic mass is 10.2. The number of nitrogens with zero attached hydrogens (tertiary/aromatic N) is 3. The van der Waals surface area contributed by atoms with Crippen molar-refractivity contribution >= 4 is 27.3 Å². The van der Waals surface area contributed by atoms with Crippen molar-refractivity contribution in [3.63, 3.8) is 0 Å². The molecule has 0 aliphatic heterocycles. The van der Waals surface area contributed by atoms with E-state index in [4.69, 9.17) is 0 Å². The van der Waals surface area contributed by atoms with Crippen LogP contribution in [0.25, 0.3) is 0 Å². The molecular formula is C18H21N3O5S. The summed E-state index contributed by atoms with van der Waals surface area (Å²) in [6, 6.07) is 13.4. The van der Waals surface area contributed by atoms with E-state index in [1.807, 2.05) is 30.3 Å². The zero-order chi connectivity index (χ0) is 20.2. The van der Waals surface area contributed by atoms with Gasteiger partial charge in [-0.25, -0.2) is 8.42 Å². The molecule has 0 heterocycles. The first kappa shape index (κ1) is 20.4. The van der Waals surface area contributed by atoms with Gasteiger partial charge in [0.15, 0.2) is 0 Å². The molecule has 0 saturated heterocycles. The van der Waals surface area contributed by atoms with Crippen LogP contribution in [0.1, 0.15) is 12.5 Å². The van der Waals surface area contributed by atoms with Gasteiger partial charge in [0.05, 0.1) is 16.9 Å². The average Bonchev–Trinajstić information content (AvgIpc) is 2.61. The largest absolute Gasteiger partial charge is 0.340 e. The molecule has 0 aliphatic rings. The number of anilines is 1. The first-order valence-corrected chi connectivity index (χ1v) is 9.99. The topological polar surface area (TPSA) is 101 Å². The summed E-state index contributed by atoms with van der Waals surface area (Å²) in [5.74, 6) is -0.421. The molecular weight excluding hydrogens is 370 g/mol. The number of carbonyl (C=O) groups excluding carboxylic acids is 1. The maximum absolute atomic E-state index is 12.8. The molecule has 27 heavy (non-hydrogen) atoms. The smallest absolute Gasteiger partial charge is 0.271 e. The molecule has 0 N–H and O–H groups in total. The molecule has 2 aromatic carbocycles. The lowest BCUT2D eigenvalue weighted by Gasteiger charge is -2.31. The summed E-state index contributed by atoms with van der Waals surface area (Å²) in [7, 11) is -2.26. The number of hydrogen-bond donors (Lipinski definition) is 0. The third-order valence-corrected chi connectivity index (χ3v) is 5.24. The maximum atomic E-state index is 12.8. The molecule has 1 amide bonds. The number of benzene rings is 2. The van der Waals surface area contributed by atoms with Crippen LogP contribution in [0.15, 0.2) is 54.6 Å². The van der Waals surface area contributed by atoms with E-state index in [-0.39, 0.29) is 11.4 Å². The number of carbonyl (C=O) groups is 1. The number of sulfonamides is 1. The Morgan fingerprint density at radius 1 is 1.15 bits per heavy atom. The average molecular weight is 391 g/mol. The normalized spacial score (nSPS) is 12.3. The van der Waals surface area contributed by atoms with E-state index in [1.54, 1.807) is 7.05 Å². The van der Waals surface area contributed by atoms with E-state index in [2.05, 4.69) is 0 Å². The number of non-ortho nitro benzene ring substituents is 1. The van der Waals surface area contributed by atoms with Gasteiger partial charge in [-0.05, 0) is 18.6 Å². The van der Waals surface area contributed by atoms with Crippen molar-refractivity contribution < 1.29 is 18.1 Å². The summed E-state index contributed by atoms with van der Waals surface area (Å²) in [6.07, 6.45) is 0.965. The van der Waals surface area contributed by atoms with Crippen molar-refractivity contribution in [3.05, 3.63) is 70.3 Å². The second-order valence-electron chi connectivity index (χ2n) is 6.19. The summed E-state index contributed by atoms with van der Waals surface area (Å²) < 4.78 is 25.6. The van der Waals surface area contributed by atoms with Gasteiger partial charge < -0.3 is 4.90 Å². The summed E-state index contributed by atoms with van der Waals surface area (Å²) in [6.45, 7) is 1.78. The molecule has 0 bridgehead atoms. The molecule has 0 saturated carbocycles. The van der Waals surface area contributed by atoms with Crippen LogP contribution in [0.2, 0.25) is 0 Å². The Hall–Kier alpha value is -2.94. The second-order valence-corrected chi connectivity index (χ2v) is 8.05. The molecule has 9 heteroatoms. The maximum Gasteiger partial charge on any atom is 0.271 e. The number of likely N-dealkylation sites (N-methyl/N-ethyl adjacent to an activating group) is 1. The van der Waals surface area contributed by atoms with E-state index in [9.17, 15) is 23.3 Å². The van der Waals surface area contributed by atoms with E-state index in [0.29, 0.717) is 6.54 Å². The Morgan fingerprint density at radius 3 is 2.33 bits per heavy atom. The fourth-order valence-electron chi connectivity index (χ4n) is 2.80. The van der Waals surface area contributed by atoms with Gasteiger partial charge in [0.1, 0.15) is 6.04 Å². The van der Waals surface area contributed by atoms with Crippen molar-refractivity contribution in [3.8, 4) is 0 Å². The van der Waals surface area contributed by atoms with Crippen molar-refractivity contribution in [2.75, 3.05) is 17.6 Å². The standard InChI is InChI=1S/C18H21N3O5S/c1-14(18(22)19(2)13-15-8-5-4-6-9-15)20(27(3,25)26)16-10-7-11-17(12-16)21(23)24/h4-12,14H,13H2,1-3H3. The highest BCUT2D eigenvalue weighted by Crippen LogP contribution is 2.26. The molecule has 0 spiro atoms. The predicted molar refractivity (Wildman–Crippen MR) is 103 cm³/mol. The minimum absolute atomic E-state index is 0.0701. The van der Waals surface area contributed by atoms with Crippen LogP contribution in [0.3, 0.4) is 0 Å². The molecule has 8 nitrogen and oxygen atoms in total. The monoisotopic (exact) mass is 391 g/mol. The van der Waals surface area contributed by atoms with Crippen molar-refractivity contribution in [2.45, 2.75) is 19.5 Å². The Labute approximate surface area is 158 Å². The summed E-state index contributed by atoms with van der Waals surface area (Å²) in [5, 5.41) is 11.0. The van der Waals surface area contributed by atoms with Gasteiger partial charge in [-0.3, -0.25) is 19.2 Å². The van der Waals surface area contributed by atoms with Crippen molar-refractivity contribution in [1.29, 1.82) is 0 Å². The Morgan fingerprint density at radius 2 is 1.78 bits per heavy atom. The molecule has 0 radical (unpaired) electrons. The van der Waals surface area contributed by atoms with Crippen LogP contribution in [-0.2, 0) is 21.4 Å². The molecule has 2 rings (SSSR count). The van der Waals surface area contributed by atoms with Crippen LogP contribution >= 0.6 is 0 Å². The number of amides is 1. The van der Waals surface area contributed by atoms with Gasteiger partial charge in [-0.15, -0.1) is 0 Å². The highest BCUT2D eigenvalue weighted by molar-refractivity contribution is 7.92. The van der Waals surface area contributed by atoms with E-state index >= 15 is 0 Å². The number of hydrogen-bond acceptors (Lipinski definition) is 5. The van der Waals surface area contributed by atoms with Crippen molar-refractivity contribution in [2.24, 2.45) is 0 Å². The Kier molecular flexibility index (Phi) is 6.17. The quantitative estimate of drug-likeness (QED) is 0.533. The van der Waals surface area contributed by atoms with E-state index in [1.165, 1.54) is 30.0 Å². The third kappa shape index (κ3) is 5.04. The lowest BCUT2D eigenvalue weighted by molar-refractivity contribution is -0.384. The van der Waals surface area contributed by atoms with Gasteiger partial charge in [-0.1, -0.05) is 36.4 Å². The third-order valence-electron chi connectivity index (χ3n) is 4.00. The fourth-order valence-corrected chi connectivity index (χ4v) is 3.96. The molecule has 1 unspecified atom stereocenters. The zero-order valence-corrected chi connectivity index (χ0v) is 16.1. The lowest BCUT2D eigenvalue weighted by Crippen LogP contribution is -2.48. The van der Waals surface area contributed by atoms with Gasteiger partial charge in [0.2, 0.25) is 15.9 Å².